The number of carbonyl (C=O) groups excluding carboxylic acids is 4. The van der Waals surface area contributed by atoms with Crippen molar-refractivity contribution < 1.29 is 41.5 Å². The van der Waals surface area contributed by atoms with Crippen LogP contribution in [0.3, 0.4) is 0 Å². The van der Waals surface area contributed by atoms with E-state index in [1.165, 1.54) is 42.5 Å². The standard InChI is InChI=1S/C36H38Cl2FN3O8S/c1-7-35(8-2,32(44)41-51(6,47)48)50-29-14-11-21(37)15-25(29)27-18-30(43)40-31(24-17-23(39)12-9-20(24)5)36(27)26-13-10-22(38)16-28(26)42(33(36)45)34(46)49-19(3)4/h9-17,19,27,31H,7-8,18H2,1-6H3,(H,40,43)(H,41,44). The van der Waals surface area contributed by atoms with Crippen LogP contribution in [0.25, 0.3) is 0 Å². The summed E-state index contributed by atoms with van der Waals surface area (Å²) in [4.78, 5) is 57.3. The summed E-state index contributed by atoms with van der Waals surface area (Å²) in [5, 5.41) is 3.32. The largest absolute Gasteiger partial charge is 0.477 e. The summed E-state index contributed by atoms with van der Waals surface area (Å²) in [6.45, 7) is 8.25. The Balaban J connectivity index is 1.85. The highest BCUT2D eigenvalue weighted by Gasteiger charge is 2.65. The van der Waals surface area contributed by atoms with E-state index in [4.69, 9.17) is 32.7 Å². The number of rotatable bonds is 9. The minimum Gasteiger partial charge on any atom is -0.477 e. The summed E-state index contributed by atoms with van der Waals surface area (Å²) in [6, 6.07) is 11.8. The molecular formula is C36H38Cl2FN3O8S. The molecular weight excluding hydrogens is 724 g/mol. The Kier molecular flexibility index (Phi) is 10.5. The fourth-order valence-electron chi connectivity index (χ4n) is 7.10. The Morgan fingerprint density at radius 1 is 1.04 bits per heavy atom. The van der Waals surface area contributed by atoms with Gasteiger partial charge in [-0.1, -0.05) is 49.2 Å². The van der Waals surface area contributed by atoms with Crippen LogP contribution < -0.4 is 19.7 Å². The van der Waals surface area contributed by atoms with Crippen LogP contribution >= 0.6 is 23.2 Å². The first kappa shape index (κ1) is 38.0. The molecule has 0 saturated carbocycles. The van der Waals surface area contributed by atoms with Gasteiger partial charge in [-0.3, -0.25) is 14.4 Å². The zero-order valence-electron chi connectivity index (χ0n) is 28.8. The number of halogens is 3. The van der Waals surface area contributed by atoms with Gasteiger partial charge in [0.25, 0.3) is 5.91 Å². The van der Waals surface area contributed by atoms with Gasteiger partial charge < -0.3 is 14.8 Å². The molecule has 5 rings (SSSR count). The number of piperidine rings is 1. The van der Waals surface area contributed by atoms with Crippen molar-refractivity contribution in [2.75, 3.05) is 11.2 Å². The van der Waals surface area contributed by atoms with Crippen LogP contribution in [0.15, 0.2) is 54.6 Å². The van der Waals surface area contributed by atoms with E-state index in [0.717, 1.165) is 11.2 Å². The number of anilines is 1. The van der Waals surface area contributed by atoms with Gasteiger partial charge in [0.05, 0.1) is 24.1 Å². The minimum atomic E-state index is -3.98. The molecule has 15 heteroatoms. The number of sulfonamides is 1. The predicted molar refractivity (Wildman–Crippen MR) is 190 cm³/mol. The summed E-state index contributed by atoms with van der Waals surface area (Å²) in [5.74, 6) is -3.97. The zero-order valence-corrected chi connectivity index (χ0v) is 31.1. The number of nitrogens with zero attached hydrogens (tertiary/aromatic N) is 1. The fourth-order valence-corrected chi connectivity index (χ4v) is 7.97. The van der Waals surface area contributed by atoms with Crippen molar-refractivity contribution in [3.8, 4) is 5.75 Å². The van der Waals surface area contributed by atoms with Gasteiger partial charge in [0.1, 0.15) is 17.0 Å². The quantitative estimate of drug-likeness (QED) is 0.247. The van der Waals surface area contributed by atoms with Gasteiger partial charge in [-0.25, -0.2) is 27.2 Å². The number of fused-ring (bicyclic) bond motifs is 2. The second kappa shape index (κ2) is 14.1. The van der Waals surface area contributed by atoms with Gasteiger partial charge in [-0.05, 0) is 92.8 Å². The van der Waals surface area contributed by atoms with Crippen molar-refractivity contribution in [1.29, 1.82) is 0 Å². The van der Waals surface area contributed by atoms with E-state index in [9.17, 15) is 22.8 Å². The Morgan fingerprint density at radius 3 is 2.31 bits per heavy atom. The topological polar surface area (TPSA) is 148 Å². The third-order valence-electron chi connectivity index (χ3n) is 9.46. The summed E-state index contributed by atoms with van der Waals surface area (Å²) in [7, 11) is -3.98. The fraction of sp³-hybridized carbons (Fsp3) is 0.389. The van der Waals surface area contributed by atoms with E-state index in [2.05, 4.69) is 5.32 Å². The van der Waals surface area contributed by atoms with Crippen LogP contribution in [0.2, 0.25) is 10.0 Å². The first-order valence-electron chi connectivity index (χ1n) is 16.3. The van der Waals surface area contributed by atoms with Gasteiger partial charge in [0, 0.05) is 27.9 Å². The van der Waals surface area contributed by atoms with E-state index in [1.54, 1.807) is 46.8 Å². The lowest BCUT2D eigenvalue weighted by Gasteiger charge is -2.47. The van der Waals surface area contributed by atoms with Crippen molar-refractivity contribution in [2.24, 2.45) is 0 Å². The molecule has 0 radical (unpaired) electrons. The van der Waals surface area contributed by atoms with Crippen LogP contribution in [0.4, 0.5) is 14.9 Å². The average molecular weight is 763 g/mol. The molecule has 272 valence electrons. The van der Waals surface area contributed by atoms with Gasteiger partial charge in [0.2, 0.25) is 21.8 Å². The molecule has 2 aliphatic rings. The maximum atomic E-state index is 15.3. The molecule has 1 fully saturated rings. The second-order valence-electron chi connectivity index (χ2n) is 13.1. The van der Waals surface area contributed by atoms with Gasteiger partial charge in [0.15, 0.2) is 5.60 Å². The van der Waals surface area contributed by atoms with E-state index < -0.39 is 68.7 Å². The van der Waals surface area contributed by atoms with Crippen molar-refractivity contribution in [2.45, 2.75) is 83.0 Å². The Hall–Kier alpha value is -4.20. The SMILES string of the molecule is CCC(CC)(Oc1ccc(Cl)cc1C1CC(=O)NC(c2cc(F)ccc2C)C12C(=O)N(C(=O)OC(C)C)c1cc(Cl)ccc12)C(=O)NS(C)(=O)=O. The molecule has 2 N–H and O–H groups in total. The van der Waals surface area contributed by atoms with Crippen molar-refractivity contribution in [3.63, 3.8) is 0 Å². The van der Waals surface area contributed by atoms with Crippen LogP contribution in [0, 0.1) is 12.7 Å². The van der Waals surface area contributed by atoms with Crippen molar-refractivity contribution in [3.05, 3.63) is 92.7 Å². The smallest absolute Gasteiger partial charge is 0.421 e. The van der Waals surface area contributed by atoms with E-state index in [0.29, 0.717) is 5.56 Å². The molecule has 2 heterocycles. The number of ether oxygens (including phenoxy) is 2. The molecule has 3 aromatic carbocycles. The van der Waals surface area contributed by atoms with E-state index in [1.807, 2.05) is 4.72 Å². The number of nitrogens with one attached hydrogen (secondary N) is 2. The first-order valence-corrected chi connectivity index (χ1v) is 18.9. The lowest BCUT2D eigenvalue weighted by molar-refractivity contribution is -0.136. The lowest BCUT2D eigenvalue weighted by Crippen LogP contribution is -2.59. The summed E-state index contributed by atoms with van der Waals surface area (Å²) in [6.07, 6.45) is -1.04. The first-order chi connectivity index (χ1) is 23.9. The minimum absolute atomic E-state index is 0.0312. The molecule has 0 aromatic heterocycles. The molecule has 3 aromatic rings. The third kappa shape index (κ3) is 6.91. The van der Waals surface area contributed by atoms with Crippen LogP contribution in [-0.4, -0.2) is 50.2 Å². The molecule has 1 spiro atoms. The van der Waals surface area contributed by atoms with E-state index >= 15 is 9.18 Å². The molecule has 0 bridgehead atoms. The Labute approximate surface area is 305 Å². The highest BCUT2D eigenvalue weighted by atomic mass is 35.5. The number of hydrogen-bond acceptors (Lipinski definition) is 8. The third-order valence-corrected chi connectivity index (χ3v) is 10.5. The monoisotopic (exact) mass is 761 g/mol. The van der Waals surface area contributed by atoms with Crippen LogP contribution in [0.1, 0.15) is 81.2 Å². The summed E-state index contributed by atoms with van der Waals surface area (Å²) >= 11 is 13.0. The van der Waals surface area contributed by atoms with E-state index in [-0.39, 0.29) is 57.4 Å². The maximum Gasteiger partial charge on any atom is 0.421 e. The molecule has 2 aliphatic heterocycles. The van der Waals surface area contributed by atoms with Gasteiger partial charge in [-0.15, -0.1) is 0 Å². The molecule has 3 atom stereocenters. The number of amides is 4. The highest BCUT2D eigenvalue weighted by molar-refractivity contribution is 7.89. The van der Waals surface area contributed by atoms with Crippen LogP contribution in [-0.2, 0) is 34.6 Å². The number of carbonyl (C=O) groups is 4. The zero-order chi connectivity index (χ0) is 37.6. The summed E-state index contributed by atoms with van der Waals surface area (Å²) < 4.78 is 53.3. The number of imide groups is 1. The number of hydrogen-bond donors (Lipinski definition) is 2. The predicted octanol–water partition coefficient (Wildman–Crippen LogP) is 6.63. The van der Waals surface area contributed by atoms with Crippen molar-refractivity contribution in [1.82, 2.24) is 10.0 Å². The Bertz CT molecular complexity index is 2040. The molecule has 3 unspecified atom stereocenters. The van der Waals surface area contributed by atoms with Crippen molar-refractivity contribution >= 4 is 62.7 Å². The second-order valence-corrected chi connectivity index (χ2v) is 15.7. The van der Waals surface area contributed by atoms with Gasteiger partial charge >= 0.3 is 6.09 Å². The highest BCUT2D eigenvalue weighted by Crippen LogP contribution is 2.61. The molecule has 51 heavy (non-hydrogen) atoms. The molecule has 1 saturated heterocycles. The molecule has 0 aliphatic carbocycles. The summed E-state index contributed by atoms with van der Waals surface area (Å²) in [5.41, 5.74) is -2.17. The number of benzene rings is 3. The van der Waals surface area contributed by atoms with Crippen LogP contribution in [0.5, 0.6) is 5.75 Å². The molecule has 11 nitrogen and oxygen atoms in total. The number of aryl methyl sites for hydroxylation is 1. The average Bonchev–Trinajstić information content (AvgIpc) is 3.28. The maximum absolute atomic E-state index is 15.3. The molecule has 4 amide bonds. The normalized spacial score (nSPS) is 20.3. The van der Waals surface area contributed by atoms with Gasteiger partial charge in [-0.2, -0.15) is 0 Å². The lowest BCUT2D eigenvalue weighted by atomic mass is 9.58. The Morgan fingerprint density at radius 2 is 1.69 bits per heavy atom.